The van der Waals surface area contributed by atoms with Crippen LogP contribution in [-0.2, 0) is 9.84 Å². The Labute approximate surface area is 94.0 Å². The second-order valence-corrected chi connectivity index (χ2v) is 6.01. The van der Waals surface area contributed by atoms with Crippen molar-refractivity contribution in [2.75, 3.05) is 11.5 Å². The molecule has 15 heavy (non-hydrogen) atoms. The van der Waals surface area contributed by atoms with Crippen LogP contribution in [0.3, 0.4) is 0 Å². The van der Waals surface area contributed by atoms with Crippen LogP contribution in [0.1, 0.15) is 40.5 Å². The van der Waals surface area contributed by atoms with Gasteiger partial charge in [0.2, 0.25) is 0 Å². The van der Waals surface area contributed by atoms with E-state index >= 15 is 0 Å². The predicted molar refractivity (Wildman–Crippen MR) is 66.7 cm³/mol. The van der Waals surface area contributed by atoms with E-state index < -0.39 is 9.84 Å². The quantitative estimate of drug-likeness (QED) is 0.657. The third-order valence-corrected chi connectivity index (χ3v) is 3.79. The van der Waals surface area contributed by atoms with E-state index in [1.54, 1.807) is 0 Å². The van der Waals surface area contributed by atoms with Crippen LogP contribution in [0.5, 0.6) is 0 Å². The van der Waals surface area contributed by atoms with Crippen molar-refractivity contribution in [2.45, 2.75) is 40.5 Å². The molecule has 0 heterocycles. The second-order valence-electron chi connectivity index (χ2n) is 3.95. The van der Waals surface area contributed by atoms with Gasteiger partial charge in [0, 0.05) is 0 Å². The molecule has 88 valence electrons. The molecular weight excluding hydrogens is 208 g/mol. The zero-order valence-corrected chi connectivity index (χ0v) is 11.0. The molecule has 0 saturated carbocycles. The Bertz CT molecular complexity index is 307. The molecule has 0 N–H and O–H groups in total. The fraction of sp³-hybridized carbons (Fsp3) is 0.667. The molecule has 0 aliphatic carbocycles. The van der Waals surface area contributed by atoms with Crippen LogP contribution in [0.15, 0.2) is 23.3 Å². The Morgan fingerprint density at radius 3 is 1.53 bits per heavy atom. The minimum atomic E-state index is -2.96. The molecule has 0 unspecified atom stereocenters. The van der Waals surface area contributed by atoms with Crippen LogP contribution >= 0.6 is 0 Å². The maximum Gasteiger partial charge on any atom is 0.157 e. The van der Waals surface area contributed by atoms with Gasteiger partial charge in [0.25, 0.3) is 0 Å². The van der Waals surface area contributed by atoms with Crippen molar-refractivity contribution in [3.63, 3.8) is 0 Å². The largest absolute Gasteiger partial charge is 0.228 e. The van der Waals surface area contributed by atoms with Crippen molar-refractivity contribution >= 4 is 9.84 Å². The first-order valence-corrected chi connectivity index (χ1v) is 7.25. The van der Waals surface area contributed by atoms with Gasteiger partial charge in [0.15, 0.2) is 9.84 Å². The second kappa shape index (κ2) is 6.83. The van der Waals surface area contributed by atoms with Gasteiger partial charge in [0.1, 0.15) is 0 Å². The van der Waals surface area contributed by atoms with Gasteiger partial charge in [-0.15, -0.1) is 0 Å². The molecule has 0 radical (unpaired) electrons. The molecule has 0 aromatic rings. The van der Waals surface area contributed by atoms with Gasteiger partial charge in [-0.1, -0.05) is 37.1 Å². The van der Waals surface area contributed by atoms with Gasteiger partial charge < -0.3 is 0 Å². The maximum atomic E-state index is 11.7. The minimum Gasteiger partial charge on any atom is -0.228 e. The summed E-state index contributed by atoms with van der Waals surface area (Å²) in [5.74, 6) is 0.380. The lowest BCUT2D eigenvalue weighted by atomic mass is 10.3. The SMILES string of the molecule is CCC=C(C)CS(=O)(=O)CC(C)=CCC. The lowest BCUT2D eigenvalue weighted by Gasteiger charge is -2.05. The summed E-state index contributed by atoms with van der Waals surface area (Å²) in [5, 5.41) is 0. The van der Waals surface area contributed by atoms with Crippen molar-refractivity contribution in [1.82, 2.24) is 0 Å². The fourth-order valence-electron chi connectivity index (χ4n) is 1.56. The Morgan fingerprint density at radius 2 is 1.27 bits per heavy atom. The summed E-state index contributed by atoms with van der Waals surface area (Å²) < 4.78 is 23.4. The summed E-state index contributed by atoms with van der Waals surface area (Å²) in [7, 11) is -2.96. The van der Waals surface area contributed by atoms with Crippen LogP contribution in [0.4, 0.5) is 0 Å². The lowest BCUT2D eigenvalue weighted by Crippen LogP contribution is -2.12. The summed E-state index contributed by atoms with van der Waals surface area (Å²) in [4.78, 5) is 0. The summed E-state index contributed by atoms with van der Waals surface area (Å²) >= 11 is 0. The fourth-order valence-corrected chi connectivity index (χ4v) is 3.28. The predicted octanol–water partition coefficient (Wildman–Crippen LogP) is 3.11. The Kier molecular flexibility index (Phi) is 6.57. The van der Waals surface area contributed by atoms with E-state index in [1.807, 2.05) is 39.8 Å². The van der Waals surface area contributed by atoms with Crippen molar-refractivity contribution < 1.29 is 8.42 Å². The summed E-state index contributed by atoms with van der Waals surface area (Å²) in [6.45, 7) is 7.77. The molecule has 0 atom stereocenters. The van der Waals surface area contributed by atoms with Crippen molar-refractivity contribution in [3.8, 4) is 0 Å². The highest BCUT2D eigenvalue weighted by Gasteiger charge is 2.11. The average Bonchev–Trinajstić information content (AvgIpc) is 2.01. The van der Waals surface area contributed by atoms with Crippen LogP contribution < -0.4 is 0 Å². The summed E-state index contributed by atoms with van der Waals surface area (Å²) in [6, 6.07) is 0. The normalized spacial score (nSPS) is 14.4. The third kappa shape index (κ3) is 7.37. The monoisotopic (exact) mass is 230 g/mol. The Morgan fingerprint density at radius 1 is 0.933 bits per heavy atom. The Balaban J connectivity index is 4.45. The molecule has 0 bridgehead atoms. The minimum absolute atomic E-state index is 0.190. The lowest BCUT2D eigenvalue weighted by molar-refractivity contribution is 0.600. The molecule has 3 heteroatoms. The van der Waals surface area contributed by atoms with Gasteiger partial charge in [0.05, 0.1) is 11.5 Å². The van der Waals surface area contributed by atoms with E-state index in [9.17, 15) is 8.42 Å². The summed E-state index contributed by atoms with van der Waals surface area (Å²) in [5.41, 5.74) is 1.89. The first-order valence-electron chi connectivity index (χ1n) is 5.43. The molecule has 0 saturated heterocycles. The van der Waals surface area contributed by atoms with Gasteiger partial charge >= 0.3 is 0 Å². The van der Waals surface area contributed by atoms with Crippen LogP contribution in [0.25, 0.3) is 0 Å². The van der Waals surface area contributed by atoms with Gasteiger partial charge in [-0.05, 0) is 26.7 Å². The molecule has 2 nitrogen and oxygen atoms in total. The van der Waals surface area contributed by atoms with Crippen molar-refractivity contribution in [1.29, 1.82) is 0 Å². The van der Waals surface area contributed by atoms with E-state index in [-0.39, 0.29) is 11.5 Å². The zero-order valence-electron chi connectivity index (χ0n) is 10.2. The maximum absolute atomic E-state index is 11.7. The van der Waals surface area contributed by atoms with Gasteiger partial charge in [-0.3, -0.25) is 0 Å². The topological polar surface area (TPSA) is 34.1 Å². The molecule has 0 aliphatic heterocycles. The number of rotatable bonds is 6. The molecule has 0 aromatic heterocycles. The molecule has 0 aromatic carbocycles. The molecule has 0 rings (SSSR count). The first-order chi connectivity index (χ1) is 6.91. The van der Waals surface area contributed by atoms with E-state index in [0.717, 1.165) is 24.0 Å². The molecule has 0 amide bonds. The van der Waals surface area contributed by atoms with Crippen LogP contribution in [0, 0.1) is 0 Å². The van der Waals surface area contributed by atoms with Crippen molar-refractivity contribution in [3.05, 3.63) is 23.3 Å². The molecule has 0 spiro atoms. The Hall–Kier alpha value is -0.570. The number of sulfone groups is 1. The van der Waals surface area contributed by atoms with E-state index in [4.69, 9.17) is 0 Å². The standard InChI is InChI=1S/C12H22O2S/c1-5-7-11(3)9-15(13,14)10-12(4)8-6-2/h7-8H,5-6,9-10H2,1-4H3. The van der Waals surface area contributed by atoms with Crippen LogP contribution in [0.2, 0.25) is 0 Å². The van der Waals surface area contributed by atoms with E-state index in [2.05, 4.69) is 0 Å². The number of hydrogen-bond acceptors (Lipinski definition) is 2. The number of hydrogen-bond donors (Lipinski definition) is 0. The van der Waals surface area contributed by atoms with Crippen molar-refractivity contribution in [2.24, 2.45) is 0 Å². The molecule has 0 fully saturated rings. The highest BCUT2D eigenvalue weighted by atomic mass is 32.2. The first kappa shape index (κ1) is 14.4. The third-order valence-electron chi connectivity index (χ3n) is 2.00. The smallest absolute Gasteiger partial charge is 0.157 e. The molecular formula is C12H22O2S. The van der Waals surface area contributed by atoms with Crippen LogP contribution in [-0.4, -0.2) is 19.9 Å². The summed E-state index contributed by atoms with van der Waals surface area (Å²) in [6.07, 6.45) is 5.73. The zero-order chi connectivity index (χ0) is 11.9. The molecule has 0 aliphatic rings. The van der Waals surface area contributed by atoms with E-state index in [0.29, 0.717) is 0 Å². The van der Waals surface area contributed by atoms with Gasteiger partial charge in [-0.25, -0.2) is 8.42 Å². The highest BCUT2D eigenvalue weighted by molar-refractivity contribution is 7.91. The van der Waals surface area contributed by atoms with E-state index in [1.165, 1.54) is 0 Å². The highest BCUT2D eigenvalue weighted by Crippen LogP contribution is 2.07. The average molecular weight is 230 g/mol. The van der Waals surface area contributed by atoms with Gasteiger partial charge in [-0.2, -0.15) is 0 Å². The number of allylic oxidation sites excluding steroid dienone is 2.